The minimum absolute atomic E-state index is 0.391. The van der Waals surface area contributed by atoms with E-state index in [0.29, 0.717) is 11.4 Å². The second-order valence-corrected chi connectivity index (χ2v) is 4.16. The number of aromatic nitrogens is 2. The lowest BCUT2D eigenvalue weighted by molar-refractivity contribution is 0.100. The molecule has 3 rings (SSSR count). The number of nitrogens with two attached hydrogens (primary N) is 1. The summed E-state index contributed by atoms with van der Waals surface area (Å²) in [5, 5.41) is 0.955. The fourth-order valence-electron chi connectivity index (χ4n) is 1.99. The first-order valence-corrected chi connectivity index (χ1v) is 5.68. The molecule has 1 amide bonds. The molecule has 0 spiro atoms. The Balaban J connectivity index is 2.21. The number of amides is 1. The van der Waals surface area contributed by atoms with E-state index in [1.807, 2.05) is 18.3 Å². The molecule has 0 aliphatic carbocycles. The summed E-state index contributed by atoms with van der Waals surface area (Å²) in [4.78, 5) is 15.2. The smallest absolute Gasteiger partial charge is 0.248 e. The molecule has 0 bridgehead atoms. The molecule has 5 heteroatoms. The van der Waals surface area contributed by atoms with E-state index in [-0.39, 0.29) is 0 Å². The van der Waals surface area contributed by atoms with Gasteiger partial charge in [-0.05, 0) is 30.3 Å². The van der Waals surface area contributed by atoms with Gasteiger partial charge in [-0.2, -0.15) is 0 Å². The molecule has 0 saturated carbocycles. The van der Waals surface area contributed by atoms with E-state index in [1.165, 1.54) is 6.07 Å². The molecule has 2 heterocycles. The number of rotatable bonds is 2. The third kappa shape index (κ3) is 1.95. The molecular formula is C14H10FN3O. The van der Waals surface area contributed by atoms with Gasteiger partial charge in [-0.25, -0.2) is 9.37 Å². The Hall–Kier alpha value is -2.69. The standard InChI is InChI=1S/C14H10FN3O/c15-11-3-4-13(17-8-11)18-6-5-9-1-2-10(14(16)19)7-12(9)18/h1-8H,(H2,16,19). The second-order valence-electron chi connectivity index (χ2n) is 4.16. The highest BCUT2D eigenvalue weighted by molar-refractivity contribution is 5.97. The fraction of sp³-hybridized carbons (Fsp3) is 0. The highest BCUT2D eigenvalue weighted by Gasteiger charge is 2.07. The highest BCUT2D eigenvalue weighted by atomic mass is 19.1. The highest BCUT2D eigenvalue weighted by Crippen LogP contribution is 2.20. The van der Waals surface area contributed by atoms with Crippen molar-refractivity contribution >= 4 is 16.8 Å². The van der Waals surface area contributed by atoms with Crippen molar-refractivity contribution in [2.75, 3.05) is 0 Å². The summed E-state index contributed by atoms with van der Waals surface area (Å²) in [6.45, 7) is 0. The molecule has 2 aromatic heterocycles. The number of nitrogens with zero attached hydrogens (tertiary/aromatic N) is 2. The van der Waals surface area contributed by atoms with Crippen LogP contribution in [0.5, 0.6) is 0 Å². The lowest BCUT2D eigenvalue weighted by atomic mass is 10.1. The number of pyridine rings is 1. The van der Waals surface area contributed by atoms with Crippen molar-refractivity contribution in [2.45, 2.75) is 0 Å². The summed E-state index contributed by atoms with van der Waals surface area (Å²) >= 11 is 0. The third-order valence-electron chi connectivity index (χ3n) is 2.94. The van der Waals surface area contributed by atoms with Gasteiger partial charge >= 0.3 is 0 Å². The molecule has 0 radical (unpaired) electrons. The third-order valence-corrected chi connectivity index (χ3v) is 2.94. The van der Waals surface area contributed by atoms with Crippen LogP contribution in [0.2, 0.25) is 0 Å². The number of halogens is 1. The number of carbonyl (C=O) groups excluding carboxylic acids is 1. The van der Waals surface area contributed by atoms with Crippen molar-refractivity contribution in [3.05, 3.63) is 60.2 Å². The Morgan fingerprint density at radius 2 is 2.05 bits per heavy atom. The van der Waals surface area contributed by atoms with Gasteiger partial charge in [0.15, 0.2) is 0 Å². The minimum atomic E-state index is -0.485. The van der Waals surface area contributed by atoms with Crippen LogP contribution in [-0.2, 0) is 0 Å². The largest absolute Gasteiger partial charge is 0.366 e. The second kappa shape index (κ2) is 4.20. The number of carbonyl (C=O) groups is 1. The van der Waals surface area contributed by atoms with Crippen LogP contribution in [0.4, 0.5) is 4.39 Å². The Kier molecular flexibility index (Phi) is 2.52. The van der Waals surface area contributed by atoms with Crippen LogP contribution in [0.1, 0.15) is 10.4 Å². The first-order chi connectivity index (χ1) is 9.15. The first-order valence-electron chi connectivity index (χ1n) is 5.68. The van der Waals surface area contributed by atoms with Gasteiger partial charge in [-0.3, -0.25) is 4.79 Å². The van der Waals surface area contributed by atoms with Gasteiger partial charge in [0.1, 0.15) is 11.6 Å². The molecule has 0 saturated heterocycles. The zero-order chi connectivity index (χ0) is 13.4. The van der Waals surface area contributed by atoms with Crippen molar-refractivity contribution < 1.29 is 9.18 Å². The van der Waals surface area contributed by atoms with Gasteiger partial charge in [-0.1, -0.05) is 6.07 Å². The zero-order valence-corrected chi connectivity index (χ0v) is 9.88. The molecule has 19 heavy (non-hydrogen) atoms. The van der Waals surface area contributed by atoms with Gasteiger partial charge in [0.05, 0.1) is 11.7 Å². The summed E-state index contributed by atoms with van der Waals surface area (Å²) in [6, 6.07) is 9.99. The van der Waals surface area contributed by atoms with Crippen LogP contribution in [0.25, 0.3) is 16.7 Å². The Labute approximate surface area is 108 Å². The van der Waals surface area contributed by atoms with Crippen molar-refractivity contribution in [2.24, 2.45) is 5.73 Å². The number of primary amides is 1. The van der Waals surface area contributed by atoms with Gasteiger partial charge in [0.25, 0.3) is 0 Å². The first kappa shape index (κ1) is 11.4. The van der Waals surface area contributed by atoms with E-state index in [0.717, 1.165) is 17.1 Å². The predicted octanol–water partition coefficient (Wildman–Crippen LogP) is 2.26. The minimum Gasteiger partial charge on any atom is -0.366 e. The molecular weight excluding hydrogens is 245 g/mol. The Morgan fingerprint density at radius 3 is 2.74 bits per heavy atom. The maximum Gasteiger partial charge on any atom is 0.248 e. The molecule has 0 aliphatic rings. The Morgan fingerprint density at radius 1 is 1.21 bits per heavy atom. The summed E-state index contributed by atoms with van der Waals surface area (Å²) < 4.78 is 14.7. The van der Waals surface area contributed by atoms with Crippen molar-refractivity contribution in [3.63, 3.8) is 0 Å². The molecule has 1 aromatic carbocycles. The quantitative estimate of drug-likeness (QED) is 0.763. The van der Waals surface area contributed by atoms with E-state index in [1.54, 1.807) is 22.8 Å². The van der Waals surface area contributed by atoms with Crippen LogP contribution >= 0.6 is 0 Å². The summed E-state index contributed by atoms with van der Waals surface area (Å²) in [6.07, 6.45) is 2.97. The van der Waals surface area contributed by atoms with E-state index in [4.69, 9.17) is 5.73 Å². The predicted molar refractivity (Wildman–Crippen MR) is 69.5 cm³/mol. The van der Waals surface area contributed by atoms with Crippen molar-refractivity contribution in [1.82, 2.24) is 9.55 Å². The van der Waals surface area contributed by atoms with Crippen molar-refractivity contribution in [3.8, 4) is 5.82 Å². The Bertz CT molecular complexity index is 762. The lowest BCUT2D eigenvalue weighted by Gasteiger charge is -2.05. The molecule has 0 unspecified atom stereocenters. The number of hydrogen-bond acceptors (Lipinski definition) is 2. The SMILES string of the molecule is NC(=O)c1ccc2ccn(-c3ccc(F)cn3)c2c1. The van der Waals surface area contributed by atoms with Crippen LogP contribution < -0.4 is 5.73 Å². The van der Waals surface area contributed by atoms with Crippen LogP contribution in [0, 0.1) is 5.82 Å². The molecule has 94 valence electrons. The zero-order valence-electron chi connectivity index (χ0n) is 9.88. The molecule has 3 aromatic rings. The van der Waals surface area contributed by atoms with E-state index < -0.39 is 11.7 Å². The average molecular weight is 255 g/mol. The molecule has 2 N–H and O–H groups in total. The number of hydrogen-bond donors (Lipinski definition) is 1. The molecule has 0 aliphatic heterocycles. The number of benzene rings is 1. The van der Waals surface area contributed by atoms with E-state index >= 15 is 0 Å². The fourth-order valence-corrected chi connectivity index (χ4v) is 1.99. The maximum absolute atomic E-state index is 12.9. The van der Waals surface area contributed by atoms with Gasteiger partial charge in [-0.15, -0.1) is 0 Å². The molecule has 4 nitrogen and oxygen atoms in total. The lowest BCUT2D eigenvalue weighted by Crippen LogP contribution is -2.10. The van der Waals surface area contributed by atoms with E-state index in [2.05, 4.69) is 4.98 Å². The topological polar surface area (TPSA) is 60.9 Å². The molecule has 0 fully saturated rings. The monoisotopic (exact) mass is 255 g/mol. The summed E-state index contributed by atoms with van der Waals surface area (Å²) in [5.41, 5.74) is 6.50. The summed E-state index contributed by atoms with van der Waals surface area (Å²) in [7, 11) is 0. The van der Waals surface area contributed by atoms with E-state index in [9.17, 15) is 9.18 Å². The van der Waals surface area contributed by atoms with Crippen LogP contribution in [0.15, 0.2) is 48.8 Å². The maximum atomic E-state index is 12.9. The molecule has 0 atom stereocenters. The van der Waals surface area contributed by atoms with Gasteiger partial charge in [0.2, 0.25) is 5.91 Å². The average Bonchev–Trinajstić information content (AvgIpc) is 2.82. The normalized spacial score (nSPS) is 10.8. The van der Waals surface area contributed by atoms with Crippen LogP contribution in [-0.4, -0.2) is 15.5 Å². The van der Waals surface area contributed by atoms with Crippen molar-refractivity contribution in [1.29, 1.82) is 0 Å². The number of fused-ring (bicyclic) bond motifs is 1. The summed E-state index contributed by atoms with van der Waals surface area (Å²) in [5.74, 6) is -0.294. The van der Waals surface area contributed by atoms with Gasteiger partial charge in [0, 0.05) is 17.1 Å². The van der Waals surface area contributed by atoms with Gasteiger partial charge < -0.3 is 10.3 Å². The van der Waals surface area contributed by atoms with Crippen LogP contribution in [0.3, 0.4) is 0 Å².